The monoisotopic (exact) mass is 233 g/mol. The maximum atomic E-state index is 5.35. The minimum atomic E-state index is 0.694. The van der Waals surface area contributed by atoms with Crippen LogP contribution in [0.5, 0.6) is 0 Å². The molecule has 1 fully saturated rings. The van der Waals surface area contributed by atoms with Crippen LogP contribution in [-0.2, 0) is 4.74 Å². The van der Waals surface area contributed by atoms with Crippen LogP contribution in [0.1, 0.15) is 61.3 Å². The number of hydrogen-bond acceptors (Lipinski definition) is 2. The van der Waals surface area contributed by atoms with Gasteiger partial charge in [0.25, 0.3) is 0 Å². The first kappa shape index (κ1) is 21.2. The largest absolute Gasteiger partial charge is 0.380 e. The van der Waals surface area contributed by atoms with E-state index in [2.05, 4.69) is 18.9 Å². The Labute approximate surface area is 104 Å². The second kappa shape index (κ2) is 20.3. The molecule has 1 unspecified atom stereocenters. The summed E-state index contributed by atoms with van der Waals surface area (Å²) in [5.41, 5.74) is 0. The van der Waals surface area contributed by atoms with Crippen molar-refractivity contribution in [1.29, 1.82) is 0 Å². The third kappa shape index (κ3) is 12.0. The predicted molar refractivity (Wildman–Crippen MR) is 76.2 cm³/mol. The molecule has 1 aliphatic heterocycles. The molecule has 0 spiro atoms. The summed E-state index contributed by atoms with van der Waals surface area (Å²) in [7, 11) is 2.18. The van der Waals surface area contributed by atoms with Crippen molar-refractivity contribution in [3.05, 3.63) is 0 Å². The van der Waals surface area contributed by atoms with E-state index in [0.29, 0.717) is 6.04 Å². The lowest BCUT2D eigenvalue weighted by Crippen LogP contribution is -2.29. The molecule has 1 rings (SSSR count). The van der Waals surface area contributed by atoms with Crippen molar-refractivity contribution in [2.24, 2.45) is 0 Å². The lowest BCUT2D eigenvalue weighted by Gasteiger charge is -2.18. The molecule has 0 aromatic carbocycles. The van der Waals surface area contributed by atoms with Gasteiger partial charge in [-0.1, -0.05) is 41.5 Å². The van der Waals surface area contributed by atoms with Gasteiger partial charge in [-0.2, -0.15) is 0 Å². The van der Waals surface area contributed by atoms with Gasteiger partial charge in [0.05, 0.1) is 6.61 Å². The Morgan fingerprint density at radius 3 is 1.88 bits per heavy atom. The molecular weight excluding hydrogens is 198 g/mol. The first-order chi connectivity index (χ1) is 7.84. The zero-order valence-corrected chi connectivity index (χ0v) is 13.0. The summed E-state index contributed by atoms with van der Waals surface area (Å²) in [5.74, 6) is 0. The van der Waals surface area contributed by atoms with E-state index in [9.17, 15) is 0 Å². The van der Waals surface area contributed by atoms with Gasteiger partial charge in [-0.15, -0.1) is 0 Å². The lowest BCUT2D eigenvalue weighted by molar-refractivity contribution is 0.0950. The van der Waals surface area contributed by atoms with Crippen LogP contribution < -0.4 is 0 Å². The SMILES string of the molecule is CC.CC.CC.CCOCC1CCCN1C. The summed E-state index contributed by atoms with van der Waals surface area (Å²) in [6.07, 6.45) is 2.66. The average molecular weight is 233 g/mol. The van der Waals surface area contributed by atoms with Crippen molar-refractivity contribution in [3.63, 3.8) is 0 Å². The second-order valence-electron chi connectivity index (χ2n) is 2.94. The lowest BCUT2D eigenvalue weighted by atomic mass is 10.2. The van der Waals surface area contributed by atoms with Gasteiger partial charge in [0.2, 0.25) is 0 Å². The van der Waals surface area contributed by atoms with Crippen molar-refractivity contribution in [2.75, 3.05) is 26.8 Å². The highest BCUT2D eigenvalue weighted by Gasteiger charge is 2.19. The fourth-order valence-corrected chi connectivity index (χ4v) is 1.44. The minimum absolute atomic E-state index is 0.694. The molecule has 0 amide bonds. The Morgan fingerprint density at radius 2 is 1.56 bits per heavy atom. The van der Waals surface area contributed by atoms with Crippen LogP contribution in [0.3, 0.4) is 0 Å². The van der Waals surface area contributed by atoms with E-state index in [0.717, 1.165) is 13.2 Å². The van der Waals surface area contributed by atoms with Crippen LogP contribution in [-0.4, -0.2) is 37.7 Å². The van der Waals surface area contributed by atoms with E-state index >= 15 is 0 Å². The quantitative estimate of drug-likeness (QED) is 0.724. The van der Waals surface area contributed by atoms with Crippen LogP contribution in [0, 0.1) is 0 Å². The summed E-state index contributed by atoms with van der Waals surface area (Å²) < 4.78 is 5.35. The van der Waals surface area contributed by atoms with Gasteiger partial charge in [-0.25, -0.2) is 0 Å². The van der Waals surface area contributed by atoms with Crippen molar-refractivity contribution in [2.45, 2.75) is 67.3 Å². The van der Waals surface area contributed by atoms with E-state index in [1.54, 1.807) is 0 Å². The van der Waals surface area contributed by atoms with Gasteiger partial charge in [0.1, 0.15) is 0 Å². The summed E-state index contributed by atoms with van der Waals surface area (Å²) in [6, 6.07) is 0.694. The Balaban J connectivity index is -0.000000245. The zero-order chi connectivity index (χ0) is 13.4. The van der Waals surface area contributed by atoms with Gasteiger partial charge in [-0.05, 0) is 33.4 Å². The first-order valence-electron chi connectivity index (χ1n) is 7.12. The topological polar surface area (TPSA) is 12.5 Å². The van der Waals surface area contributed by atoms with Crippen molar-refractivity contribution >= 4 is 0 Å². The molecule has 0 bridgehead atoms. The molecule has 0 radical (unpaired) electrons. The van der Waals surface area contributed by atoms with Gasteiger partial charge in [0, 0.05) is 12.6 Å². The molecule has 0 aromatic rings. The van der Waals surface area contributed by atoms with E-state index in [-0.39, 0.29) is 0 Å². The van der Waals surface area contributed by atoms with E-state index in [1.165, 1.54) is 19.4 Å². The maximum Gasteiger partial charge on any atom is 0.0621 e. The molecule has 2 nitrogen and oxygen atoms in total. The molecule has 1 atom stereocenters. The zero-order valence-electron chi connectivity index (χ0n) is 13.0. The number of rotatable bonds is 3. The van der Waals surface area contributed by atoms with Crippen molar-refractivity contribution < 1.29 is 4.74 Å². The predicted octanol–water partition coefficient (Wildman–Crippen LogP) is 4.20. The first-order valence-corrected chi connectivity index (χ1v) is 7.12. The molecule has 1 heterocycles. The van der Waals surface area contributed by atoms with Gasteiger partial charge < -0.3 is 9.64 Å². The smallest absolute Gasteiger partial charge is 0.0621 e. The highest BCUT2D eigenvalue weighted by molar-refractivity contribution is 4.75. The van der Waals surface area contributed by atoms with Crippen molar-refractivity contribution in [3.8, 4) is 0 Å². The minimum Gasteiger partial charge on any atom is -0.380 e. The third-order valence-corrected chi connectivity index (χ3v) is 2.19. The summed E-state index contributed by atoms with van der Waals surface area (Å²) in [6.45, 7) is 17.1. The van der Waals surface area contributed by atoms with Gasteiger partial charge in [-0.3, -0.25) is 0 Å². The molecule has 0 aliphatic carbocycles. The molecule has 102 valence electrons. The van der Waals surface area contributed by atoms with Crippen LogP contribution in [0.2, 0.25) is 0 Å². The van der Waals surface area contributed by atoms with E-state index in [4.69, 9.17) is 4.74 Å². The van der Waals surface area contributed by atoms with E-state index < -0.39 is 0 Å². The van der Waals surface area contributed by atoms with Crippen LogP contribution >= 0.6 is 0 Å². The fraction of sp³-hybridized carbons (Fsp3) is 1.00. The number of likely N-dealkylation sites (N-methyl/N-ethyl adjacent to an activating group) is 1. The third-order valence-electron chi connectivity index (χ3n) is 2.19. The second-order valence-corrected chi connectivity index (χ2v) is 2.94. The van der Waals surface area contributed by atoms with Gasteiger partial charge >= 0.3 is 0 Å². The molecule has 2 heteroatoms. The molecule has 16 heavy (non-hydrogen) atoms. The van der Waals surface area contributed by atoms with Crippen LogP contribution in [0.15, 0.2) is 0 Å². The number of likely N-dealkylation sites (tertiary alicyclic amines) is 1. The van der Waals surface area contributed by atoms with Crippen LogP contribution in [0.4, 0.5) is 0 Å². The maximum absolute atomic E-state index is 5.35. The fourth-order valence-electron chi connectivity index (χ4n) is 1.44. The summed E-state index contributed by atoms with van der Waals surface area (Å²) in [4.78, 5) is 2.38. The van der Waals surface area contributed by atoms with Gasteiger partial charge in [0.15, 0.2) is 0 Å². The highest BCUT2D eigenvalue weighted by Crippen LogP contribution is 2.14. The molecule has 0 aromatic heterocycles. The average Bonchev–Trinajstić information content (AvgIpc) is 2.80. The Morgan fingerprint density at radius 1 is 1.06 bits per heavy atom. The highest BCUT2D eigenvalue weighted by atomic mass is 16.5. The number of hydrogen-bond donors (Lipinski definition) is 0. The number of nitrogens with zero attached hydrogens (tertiary/aromatic N) is 1. The molecule has 0 N–H and O–H groups in total. The molecule has 1 saturated heterocycles. The Hall–Kier alpha value is -0.0800. The molecule has 0 saturated carbocycles. The standard InChI is InChI=1S/C8H17NO.3C2H6/c1-3-10-7-8-5-4-6-9(8)2;3*1-2/h8H,3-7H2,1-2H3;3*1-2H3. The summed E-state index contributed by atoms with van der Waals surface area (Å²) in [5, 5.41) is 0. The summed E-state index contributed by atoms with van der Waals surface area (Å²) >= 11 is 0. The Kier molecular flexibility index (Phi) is 27.0. The number of ether oxygens (including phenoxy) is 1. The van der Waals surface area contributed by atoms with Crippen LogP contribution in [0.25, 0.3) is 0 Å². The molecular formula is C14H35NO. The Bertz CT molecular complexity index is 96.7. The van der Waals surface area contributed by atoms with E-state index in [1.807, 2.05) is 41.5 Å². The normalized spacial score (nSPS) is 18.4. The molecule has 1 aliphatic rings. The van der Waals surface area contributed by atoms with Crippen molar-refractivity contribution in [1.82, 2.24) is 4.90 Å².